The Morgan fingerprint density at radius 2 is 2.05 bits per heavy atom. The van der Waals surface area contributed by atoms with Gasteiger partial charge in [0.1, 0.15) is 5.82 Å². The summed E-state index contributed by atoms with van der Waals surface area (Å²) in [5.41, 5.74) is 9.02. The second kappa shape index (κ2) is 4.94. The SMILES string of the molecule is Nc1cccc(CCc2ccc3c(Cl)c[nH]c3c2)n1. The first-order chi connectivity index (χ1) is 9.22. The molecule has 3 aromatic rings. The van der Waals surface area contributed by atoms with Crippen LogP contribution in [0.15, 0.2) is 42.6 Å². The lowest BCUT2D eigenvalue weighted by atomic mass is 10.1. The number of anilines is 1. The van der Waals surface area contributed by atoms with Crippen molar-refractivity contribution in [3.63, 3.8) is 0 Å². The topological polar surface area (TPSA) is 54.7 Å². The van der Waals surface area contributed by atoms with Crippen molar-refractivity contribution in [2.45, 2.75) is 12.8 Å². The minimum Gasteiger partial charge on any atom is -0.384 e. The highest BCUT2D eigenvalue weighted by molar-refractivity contribution is 6.35. The van der Waals surface area contributed by atoms with E-state index in [0.717, 1.165) is 34.5 Å². The summed E-state index contributed by atoms with van der Waals surface area (Å²) in [6.45, 7) is 0. The smallest absolute Gasteiger partial charge is 0.123 e. The monoisotopic (exact) mass is 271 g/mol. The molecule has 0 unspecified atom stereocenters. The van der Waals surface area contributed by atoms with E-state index < -0.39 is 0 Å². The molecule has 1 aromatic carbocycles. The number of nitrogen functional groups attached to an aromatic ring is 1. The number of halogens is 1. The van der Waals surface area contributed by atoms with E-state index in [-0.39, 0.29) is 0 Å². The Hall–Kier alpha value is -2.00. The van der Waals surface area contributed by atoms with Gasteiger partial charge in [-0.15, -0.1) is 0 Å². The van der Waals surface area contributed by atoms with Crippen molar-refractivity contribution in [2.75, 3.05) is 5.73 Å². The van der Waals surface area contributed by atoms with Gasteiger partial charge in [-0.3, -0.25) is 0 Å². The first-order valence-corrected chi connectivity index (χ1v) is 6.57. The Labute approximate surface area is 116 Å². The summed E-state index contributed by atoms with van der Waals surface area (Å²) in [4.78, 5) is 7.47. The number of H-pyrrole nitrogens is 1. The molecule has 0 fully saturated rings. The highest BCUT2D eigenvalue weighted by Crippen LogP contribution is 2.24. The Morgan fingerprint density at radius 1 is 1.16 bits per heavy atom. The number of hydrogen-bond donors (Lipinski definition) is 2. The lowest BCUT2D eigenvalue weighted by Crippen LogP contribution is -1.97. The van der Waals surface area contributed by atoms with E-state index in [0.29, 0.717) is 5.82 Å². The van der Waals surface area contributed by atoms with E-state index in [9.17, 15) is 0 Å². The van der Waals surface area contributed by atoms with Gasteiger partial charge in [0.15, 0.2) is 0 Å². The van der Waals surface area contributed by atoms with Gasteiger partial charge in [0.2, 0.25) is 0 Å². The number of hydrogen-bond acceptors (Lipinski definition) is 2. The molecule has 0 atom stereocenters. The van der Waals surface area contributed by atoms with Crippen LogP contribution < -0.4 is 5.73 Å². The number of rotatable bonds is 3. The van der Waals surface area contributed by atoms with Crippen LogP contribution in [0.3, 0.4) is 0 Å². The highest BCUT2D eigenvalue weighted by Gasteiger charge is 2.03. The van der Waals surface area contributed by atoms with Crippen LogP contribution in [0.1, 0.15) is 11.3 Å². The minimum absolute atomic E-state index is 0.573. The molecule has 2 heterocycles. The number of aromatic nitrogens is 2. The first-order valence-electron chi connectivity index (χ1n) is 6.19. The van der Waals surface area contributed by atoms with Crippen molar-refractivity contribution >= 4 is 28.3 Å². The van der Waals surface area contributed by atoms with Gasteiger partial charge in [-0.1, -0.05) is 29.8 Å². The van der Waals surface area contributed by atoms with Gasteiger partial charge in [-0.05, 0) is 36.6 Å². The Kier molecular flexibility index (Phi) is 3.13. The zero-order valence-electron chi connectivity index (χ0n) is 10.4. The Morgan fingerprint density at radius 3 is 2.89 bits per heavy atom. The maximum absolute atomic E-state index is 6.06. The van der Waals surface area contributed by atoms with Crippen molar-refractivity contribution in [2.24, 2.45) is 0 Å². The number of aromatic amines is 1. The number of fused-ring (bicyclic) bond motifs is 1. The van der Waals surface area contributed by atoms with Crippen LogP contribution >= 0.6 is 11.6 Å². The van der Waals surface area contributed by atoms with Gasteiger partial charge >= 0.3 is 0 Å². The molecule has 0 amide bonds. The molecule has 3 N–H and O–H groups in total. The van der Waals surface area contributed by atoms with E-state index in [2.05, 4.69) is 28.2 Å². The third-order valence-corrected chi connectivity index (χ3v) is 3.51. The summed E-state index contributed by atoms with van der Waals surface area (Å²) < 4.78 is 0. The zero-order valence-corrected chi connectivity index (χ0v) is 11.1. The summed E-state index contributed by atoms with van der Waals surface area (Å²) in [5.74, 6) is 0.573. The fourth-order valence-corrected chi connectivity index (χ4v) is 2.42. The molecule has 3 nitrogen and oxygen atoms in total. The van der Waals surface area contributed by atoms with E-state index in [1.165, 1.54) is 5.56 Å². The lowest BCUT2D eigenvalue weighted by molar-refractivity contribution is 0.918. The molecule has 96 valence electrons. The van der Waals surface area contributed by atoms with E-state index >= 15 is 0 Å². The summed E-state index contributed by atoms with van der Waals surface area (Å²) in [6.07, 6.45) is 3.63. The third-order valence-electron chi connectivity index (χ3n) is 3.19. The molecule has 0 spiro atoms. The molecule has 3 rings (SSSR count). The first kappa shape index (κ1) is 12.1. The van der Waals surface area contributed by atoms with Crippen LogP contribution in [-0.4, -0.2) is 9.97 Å². The van der Waals surface area contributed by atoms with E-state index in [1.54, 1.807) is 6.07 Å². The Bertz CT molecular complexity index is 718. The van der Waals surface area contributed by atoms with Crippen molar-refractivity contribution in [1.29, 1.82) is 0 Å². The minimum atomic E-state index is 0.573. The number of aryl methyl sites for hydroxylation is 2. The van der Waals surface area contributed by atoms with E-state index in [4.69, 9.17) is 17.3 Å². The van der Waals surface area contributed by atoms with Crippen LogP contribution in [0.5, 0.6) is 0 Å². The van der Waals surface area contributed by atoms with Crippen molar-refractivity contribution < 1.29 is 0 Å². The standard InChI is InChI=1S/C15H14ClN3/c16-13-9-18-14-8-10(5-7-12(13)14)4-6-11-2-1-3-15(17)19-11/h1-3,5,7-9,18H,4,6H2,(H2,17,19). The van der Waals surface area contributed by atoms with Gasteiger partial charge in [0.25, 0.3) is 0 Å². The molecule has 4 heteroatoms. The molecule has 0 aliphatic rings. The molecule has 0 bridgehead atoms. The van der Waals surface area contributed by atoms with Gasteiger partial charge < -0.3 is 10.7 Å². The molecule has 19 heavy (non-hydrogen) atoms. The normalized spacial score (nSPS) is 11.0. The molecular weight excluding hydrogens is 258 g/mol. The van der Waals surface area contributed by atoms with Crippen LogP contribution in [0.2, 0.25) is 5.02 Å². The second-order valence-electron chi connectivity index (χ2n) is 4.57. The summed E-state index contributed by atoms with van der Waals surface area (Å²) in [6, 6.07) is 12.0. The predicted octanol–water partition coefficient (Wildman–Crippen LogP) is 3.58. The molecule has 0 aliphatic heterocycles. The zero-order chi connectivity index (χ0) is 13.2. The van der Waals surface area contributed by atoms with Gasteiger partial charge in [0, 0.05) is 22.8 Å². The van der Waals surface area contributed by atoms with Crippen molar-refractivity contribution in [3.05, 3.63) is 58.9 Å². The fraction of sp³-hybridized carbons (Fsp3) is 0.133. The molecule has 0 radical (unpaired) electrons. The number of benzene rings is 1. The average Bonchev–Trinajstić information content (AvgIpc) is 2.78. The number of nitrogens with zero attached hydrogens (tertiary/aromatic N) is 1. The van der Waals surface area contributed by atoms with Crippen LogP contribution in [-0.2, 0) is 12.8 Å². The molecule has 0 aliphatic carbocycles. The lowest BCUT2D eigenvalue weighted by Gasteiger charge is -2.03. The van der Waals surface area contributed by atoms with Crippen LogP contribution in [0.25, 0.3) is 10.9 Å². The largest absolute Gasteiger partial charge is 0.384 e. The molecular formula is C15H14ClN3. The van der Waals surface area contributed by atoms with Gasteiger partial charge in [-0.2, -0.15) is 0 Å². The third kappa shape index (κ3) is 2.56. The van der Waals surface area contributed by atoms with Crippen molar-refractivity contribution in [3.8, 4) is 0 Å². The molecule has 2 aromatic heterocycles. The van der Waals surface area contributed by atoms with Crippen molar-refractivity contribution in [1.82, 2.24) is 9.97 Å². The summed E-state index contributed by atoms with van der Waals surface area (Å²) in [7, 11) is 0. The van der Waals surface area contributed by atoms with E-state index in [1.807, 2.05) is 18.3 Å². The average molecular weight is 272 g/mol. The Balaban J connectivity index is 1.78. The highest BCUT2D eigenvalue weighted by atomic mass is 35.5. The van der Waals surface area contributed by atoms with Crippen LogP contribution in [0, 0.1) is 0 Å². The van der Waals surface area contributed by atoms with Gasteiger partial charge in [-0.25, -0.2) is 4.98 Å². The quantitative estimate of drug-likeness (QED) is 0.765. The predicted molar refractivity (Wildman–Crippen MR) is 79.4 cm³/mol. The maximum Gasteiger partial charge on any atom is 0.123 e. The molecule has 0 saturated carbocycles. The number of nitrogens with two attached hydrogens (primary N) is 1. The summed E-state index contributed by atoms with van der Waals surface area (Å²) >= 11 is 6.06. The van der Waals surface area contributed by atoms with Gasteiger partial charge in [0.05, 0.1) is 5.02 Å². The molecule has 0 saturated heterocycles. The fourth-order valence-electron chi connectivity index (χ4n) is 2.20. The van der Waals surface area contributed by atoms with Crippen LogP contribution in [0.4, 0.5) is 5.82 Å². The maximum atomic E-state index is 6.06. The second-order valence-corrected chi connectivity index (χ2v) is 4.98. The summed E-state index contributed by atoms with van der Waals surface area (Å²) in [5, 5.41) is 1.83. The number of pyridine rings is 1. The number of nitrogens with one attached hydrogen (secondary N) is 1.